The van der Waals surface area contributed by atoms with Crippen molar-refractivity contribution in [2.24, 2.45) is 0 Å². The van der Waals surface area contributed by atoms with E-state index < -0.39 is 0 Å². The molecule has 0 unspecified atom stereocenters. The zero-order valence-corrected chi connectivity index (χ0v) is 31.2. The van der Waals surface area contributed by atoms with Crippen molar-refractivity contribution in [3.8, 4) is 68.5 Å². The summed E-state index contributed by atoms with van der Waals surface area (Å²) in [5, 5.41) is 27.8. The SMILES string of the molecule is N#Cc1ccc(Oc2ccc3cc(-c4ccc5ccccc5c4)ccc3c2-c2c(Oc3ccc(C#N)cc3)ccc3cc(-c4ccc5ccccc5c4)ccc23)cc1. The van der Waals surface area contributed by atoms with Crippen LogP contribution in [0.2, 0.25) is 0 Å². The summed E-state index contributed by atoms with van der Waals surface area (Å²) in [5.74, 6) is 2.51. The molecule has 10 aromatic carbocycles. The van der Waals surface area contributed by atoms with Gasteiger partial charge in [0, 0.05) is 11.1 Å². The normalized spacial score (nSPS) is 11.1. The molecule has 58 heavy (non-hydrogen) atoms. The molecule has 0 heterocycles. The number of fused-ring (bicyclic) bond motifs is 4. The fourth-order valence-corrected chi connectivity index (χ4v) is 7.85. The molecule has 0 aliphatic carbocycles. The lowest BCUT2D eigenvalue weighted by atomic mass is 9.89. The Morgan fingerprint density at radius 3 is 1.05 bits per heavy atom. The standard InChI is InChI=1S/C54H32N2O2/c55-33-35-9-21-47(22-10-35)57-51-27-19-45-31-43(41-15-13-37-5-1-3-7-39(37)29-41)17-25-49(45)53(51)54-50-26-18-44(42-16-14-38-6-2-4-8-40(38)30-42)32-46(50)20-28-52(54)58-48-23-11-36(34-56)12-24-48/h1-32H. The smallest absolute Gasteiger partial charge is 0.136 e. The summed E-state index contributed by atoms with van der Waals surface area (Å²) < 4.78 is 13.5. The molecule has 0 saturated heterocycles. The van der Waals surface area contributed by atoms with Gasteiger partial charge in [0.1, 0.15) is 23.0 Å². The highest BCUT2D eigenvalue weighted by Crippen LogP contribution is 2.48. The Bertz CT molecular complexity index is 3070. The van der Waals surface area contributed by atoms with E-state index in [9.17, 15) is 10.5 Å². The quantitative estimate of drug-likeness (QED) is 0.163. The van der Waals surface area contributed by atoms with Crippen molar-refractivity contribution < 1.29 is 9.47 Å². The molecule has 0 bridgehead atoms. The molecule has 0 spiro atoms. The second-order valence-corrected chi connectivity index (χ2v) is 14.3. The Balaban J connectivity index is 1.20. The number of ether oxygens (including phenoxy) is 2. The van der Waals surface area contributed by atoms with Crippen molar-refractivity contribution in [2.45, 2.75) is 0 Å². The molecule has 0 atom stereocenters. The second-order valence-electron chi connectivity index (χ2n) is 14.3. The first kappa shape index (κ1) is 34.3. The molecule has 10 rings (SSSR count). The van der Waals surface area contributed by atoms with Gasteiger partial charge in [-0.3, -0.25) is 0 Å². The first-order chi connectivity index (χ1) is 28.6. The number of benzene rings is 10. The molecule has 270 valence electrons. The van der Waals surface area contributed by atoms with Crippen LogP contribution in [0.15, 0.2) is 194 Å². The van der Waals surface area contributed by atoms with Gasteiger partial charge in [-0.05, 0) is 150 Å². The van der Waals surface area contributed by atoms with Crippen LogP contribution in [0.1, 0.15) is 11.1 Å². The summed E-state index contributed by atoms with van der Waals surface area (Å²) in [6.07, 6.45) is 0. The van der Waals surface area contributed by atoms with Gasteiger partial charge in [-0.25, -0.2) is 0 Å². The Morgan fingerprint density at radius 1 is 0.310 bits per heavy atom. The fraction of sp³-hybridized carbons (Fsp3) is 0. The Labute approximate surface area is 335 Å². The minimum absolute atomic E-state index is 0.557. The maximum atomic E-state index is 9.49. The van der Waals surface area contributed by atoms with Crippen LogP contribution in [0.4, 0.5) is 0 Å². The van der Waals surface area contributed by atoms with Gasteiger partial charge in [-0.1, -0.05) is 109 Å². The first-order valence-corrected chi connectivity index (χ1v) is 19.1. The summed E-state index contributed by atoms with van der Waals surface area (Å²) in [4.78, 5) is 0. The average Bonchev–Trinajstić information content (AvgIpc) is 3.29. The minimum atomic E-state index is 0.557. The van der Waals surface area contributed by atoms with Gasteiger partial charge in [0.2, 0.25) is 0 Å². The molecule has 0 radical (unpaired) electrons. The van der Waals surface area contributed by atoms with Crippen molar-refractivity contribution in [3.63, 3.8) is 0 Å². The summed E-state index contributed by atoms with van der Waals surface area (Å²) in [6, 6.07) is 70.1. The molecule has 0 aliphatic rings. The summed E-state index contributed by atoms with van der Waals surface area (Å²) in [6.45, 7) is 0. The predicted molar refractivity (Wildman–Crippen MR) is 235 cm³/mol. The Kier molecular flexibility index (Phi) is 8.57. The molecule has 0 aromatic heterocycles. The summed E-state index contributed by atoms with van der Waals surface area (Å²) in [5.41, 5.74) is 7.35. The third-order valence-electron chi connectivity index (χ3n) is 10.8. The topological polar surface area (TPSA) is 66.0 Å². The molecule has 4 heteroatoms. The van der Waals surface area contributed by atoms with E-state index in [1.165, 1.54) is 21.5 Å². The van der Waals surface area contributed by atoms with Crippen molar-refractivity contribution in [1.29, 1.82) is 10.5 Å². The van der Waals surface area contributed by atoms with E-state index >= 15 is 0 Å². The second kappa shape index (κ2) is 14.5. The lowest BCUT2D eigenvalue weighted by molar-refractivity contribution is 0.478. The highest BCUT2D eigenvalue weighted by Gasteiger charge is 2.21. The van der Waals surface area contributed by atoms with Crippen LogP contribution in [0.25, 0.3) is 76.5 Å². The van der Waals surface area contributed by atoms with E-state index in [0.29, 0.717) is 34.1 Å². The lowest BCUT2D eigenvalue weighted by Gasteiger charge is -2.20. The number of hydrogen-bond donors (Lipinski definition) is 0. The van der Waals surface area contributed by atoms with Gasteiger partial charge in [-0.2, -0.15) is 10.5 Å². The van der Waals surface area contributed by atoms with E-state index in [1.807, 2.05) is 36.4 Å². The van der Waals surface area contributed by atoms with Crippen LogP contribution in [0.5, 0.6) is 23.0 Å². The highest BCUT2D eigenvalue weighted by atomic mass is 16.5. The van der Waals surface area contributed by atoms with Crippen LogP contribution < -0.4 is 9.47 Å². The average molecular weight is 741 g/mol. The zero-order valence-electron chi connectivity index (χ0n) is 31.2. The summed E-state index contributed by atoms with van der Waals surface area (Å²) >= 11 is 0. The van der Waals surface area contributed by atoms with E-state index in [0.717, 1.165) is 54.9 Å². The number of hydrogen-bond acceptors (Lipinski definition) is 4. The maximum absolute atomic E-state index is 9.49. The van der Waals surface area contributed by atoms with Crippen LogP contribution >= 0.6 is 0 Å². The Morgan fingerprint density at radius 2 is 0.655 bits per heavy atom. The molecule has 0 fully saturated rings. The van der Waals surface area contributed by atoms with Crippen LogP contribution in [-0.2, 0) is 0 Å². The molecular weight excluding hydrogens is 709 g/mol. The zero-order chi connectivity index (χ0) is 39.0. The predicted octanol–water partition coefficient (Wildman–Crippen LogP) is 14.6. The Hall–Kier alpha value is -8.18. The van der Waals surface area contributed by atoms with Crippen molar-refractivity contribution in [1.82, 2.24) is 0 Å². The highest BCUT2D eigenvalue weighted by molar-refractivity contribution is 6.11. The number of nitrogens with zero attached hydrogens (tertiary/aromatic N) is 2. The monoisotopic (exact) mass is 740 g/mol. The fourth-order valence-electron chi connectivity index (χ4n) is 7.85. The molecule has 0 amide bonds. The van der Waals surface area contributed by atoms with E-state index in [1.54, 1.807) is 24.3 Å². The van der Waals surface area contributed by atoms with Crippen LogP contribution in [0.3, 0.4) is 0 Å². The first-order valence-electron chi connectivity index (χ1n) is 19.1. The molecule has 0 N–H and O–H groups in total. The van der Waals surface area contributed by atoms with Gasteiger partial charge in [0.05, 0.1) is 23.3 Å². The molecule has 4 nitrogen and oxygen atoms in total. The maximum Gasteiger partial charge on any atom is 0.136 e. The van der Waals surface area contributed by atoms with Gasteiger partial charge in [0.25, 0.3) is 0 Å². The van der Waals surface area contributed by atoms with E-state index in [4.69, 9.17) is 9.47 Å². The molecule has 0 aliphatic heterocycles. The van der Waals surface area contributed by atoms with E-state index in [-0.39, 0.29) is 0 Å². The molecular formula is C54H32N2O2. The minimum Gasteiger partial charge on any atom is -0.457 e. The van der Waals surface area contributed by atoms with Gasteiger partial charge < -0.3 is 9.47 Å². The largest absolute Gasteiger partial charge is 0.457 e. The number of rotatable bonds is 7. The van der Waals surface area contributed by atoms with Gasteiger partial charge in [0.15, 0.2) is 0 Å². The molecule has 0 saturated carbocycles. The molecule has 10 aromatic rings. The lowest BCUT2D eigenvalue weighted by Crippen LogP contribution is -1.96. The van der Waals surface area contributed by atoms with Crippen molar-refractivity contribution in [3.05, 3.63) is 205 Å². The van der Waals surface area contributed by atoms with Gasteiger partial charge in [-0.15, -0.1) is 0 Å². The van der Waals surface area contributed by atoms with Crippen LogP contribution in [0, 0.1) is 22.7 Å². The summed E-state index contributed by atoms with van der Waals surface area (Å²) in [7, 11) is 0. The third-order valence-corrected chi connectivity index (χ3v) is 10.8. The van der Waals surface area contributed by atoms with Crippen molar-refractivity contribution >= 4 is 43.1 Å². The number of nitriles is 2. The van der Waals surface area contributed by atoms with Crippen molar-refractivity contribution in [2.75, 3.05) is 0 Å². The van der Waals surface area contributed by atoms with E-state index in [2.05, 4.69) is 146 Å². The van der Waals surface area contributed by atoms with Crippen LogP contribution in [-0.4, -0.2) is 0 Å². The third kappa shape index (κ3) is 6.42. The van der Waals surface area contributed by atoms with Gasteiger partial charge >= 0.3 is 0 Å².